The Morgan fingerprint density at radius 2 is 1.65 bits per heavy atom. The van der Waals surface area contributed by atoms with Gasteiger partial charge in [-0.05, 0) is 53.6 Å². The van der Waals surface area contributed by atoms with Gasteiger partial charge < -0.3 is 9.84 Å². The molecular formula is C23H18F2N2O5S2. The van der Waals surface area contributed by atoms with Crippen LogP contribution >= 0.6 is 12.8 Å². The number of carbonyl (C=O) groups is 1. The summed E-state index contributed by atoms with van der Waals surface area (Å²) in [7, 11) is -4.08. The molecule has 4 rings (SSSR count). The van der Waals surface area contributed by atoms with E-state index in [0.717, 1.165) is 22.7 Å². The maximum absolute atomic E-state index is 14.2. The summed E-state index contributed by atoms with van der Waals surface area (Å²) in [5.41, 5.74) is 0.987. The number of hydrogen-bond donors (Lipinski definition) is 2. The molecule has 0 bridgehead atoms. The first-order valence-corrected chi connectivity index (χ1v) is 11.7. The Morgan fingerprint density at radius 1 is 1.03 bits per heavy atom. The van der Waals surface area contributed by atoms with Crippen LogP contribution in [0.25, 0.3) is 6.08 Å². The van der Waals surface area contributed by atoms with Gasteiger partial charge in [0.2, 0.25) is 0 Å². The third kappa shape index (κ3) is 4.76. The van der Waals surface area contributed by atoms with Crippen LogP contribution in [0.5, 0.6) is 5.75 Å². The molecule has 1 N–H and O–H groups in total. The molecule has 0 aliphatic carbocycles. The molecule has 1 aliphatic rings. The summed E-state index contributed by atoms with van der Waals surface area (Å²) in [6.45, 7) is -0.0826. The van der Waals surface area contributed by atoms with Gasteiger partial charge in [-0.15, -0.1) is 0 Å². The van der Waals surface area contributed by atoms with Gasteiger partial charge in [0.1, 0.15) is 18.0 Å². The van der Waals surface area contributed by atoms with Crippen LogP contribution in [0, 0.1) is 11.6 Å². The lowest BCUT2D eigenvalue weighted by Gasteiger charge is -2.22. The Hall–Kier alpha value is -3.41. The van der Waals surface area contributed by atoms with Crippen molar-refractivity contribution in [3.8, 4) is 5.75 Å². The highest BCUT2D eigenvalue weighted by atomic mass is 32.3. The Balaban J connectivity index is 1.49. The number of rotatable bonds is 6. The fraction of sp³-hybridized carbons (Fsp3) is 0.0870. The molecule has 0 amide bonds. The molecule has 0 unspecified atom stereocenters. The Bertz CT molecular complexity index is 1340. The Labute approximate surface area is 200 Å². The summed E-state index contributed by atoms with van der Waals surface area (Å²) in [6, 6.07) is 16.1. The summed E-state index contributed by atoms with van der Waals surface area (Å²) in [6.07, 6.45) is 1.39. The molecule has 3 aromatic rings. The van der Waals surface area contributed by atoms with Crippen LogP contribution in [0.15, 0.2) is 71.6 Å². The van der Waals surface area contributed by atoms with Crippen molar-refractivity contribution in [2.75, 3.05) is 11.6 Å². The van der Waals surface area contributed by atoms with E-state index < -0.39 is 33.3 Å². The topological polar surface area (TPSA) is 87.2 Å². The number of anilines is 1. The number of halogens is 2. The first-order chi connectivity index (χ1) is 16.2. The van der Waals surface area contributed by atoms with E-state index in [1.807, 2.05) is 0 Å². The predicted octanol–water partition coefficient (Wildman–Crippen LogP) is 4.49. The van der Waals surface area contributed by atoms with Crippen LogP contribution < -0.4 is 9.75 Å². The van der Waals surface area contributed by atoms with Crippen molar-refractivity contribution in [1.82, 2.24) is 3.82 Å². The number of thiol groups is 1. The summed E-state index contributed by atoms with van der Waals surface area (Å²) in [5, 5.41) is 9.84. The molecule has 1 saturated heterocycles. The minimum atomic E-state index is -4.08. The third-order valence-corrected chi connectivity index (χ3v) is 7.47. The summed E-state index contributed by atoms with van der Waals surface area (Å²) in [5.74, 6) is -2.31. The summed E-state index contributed by atoms with van der Waals surface area (Å²) >= 11 is 3.94. The molecule has 0 aromatic heterocycles. The molecule has 7 nitrogen and oxygen atoms in total. The zero-order valence-electron chi connectivity index (χ0n) is 17.4. The second-order valence-corrected chi connectivity index (χ2v) is 9.80. The highest BCUT2D eigenvalue weighted by Gasteiger charge is 2.40. The van der Waals surface area contributed by atoms with Crippen LogP contribution in [0.2, 0.25) is 0 Å². The molecule has 11 heteroatoms. The number of sulfonamides is 1. The van der Waals surface area contributed by atoms with Crippen LogP contribution in [-0.2, 0) is 16.6 Å². The molecule has 1 fully saturated rings. The number of aromatic carboxylic acids is 1. The van der Waals surface area contributed by atoms with Gasteiger partial charge in [-0.2, -0.15) is 0 Å². The van der Waals surface area contributed by atoms with Gasteiger partial charge in [-0.1, -0.05) is 47.0 Å². The zero-order chi connectivity index (χ0) is 24.5. The van der Waals surface area contributed by atoms with E-state index in [2.05, 4.69) is 12.8 Å². The van der Waals surface area contributed by atoms with Gasteiger partial charge in [0.05, 0.1) is 17.0 Å². The molecule has 1 aliphatic heterocycles. The smallest absolute Gasteiger partial charge is 0.335 e. The minimum absolute atomic E-state index is 0.0858. The molecule has 176 valence electrons. The van der Waals surface area contributed by atoms with Gasteiger partial charge in [-0.25, -0.2) is 22.0 Å². The number of carboxylic acid groups (broad SMARTS) is 1. The highest BCUT2D eigenvalue weighted by molar-refractivity contribution is 8.02. The van der Waals surface area contributed by atoms with Gasteiger partial charge in [0.25, 0.3) is 10.0 Å². The minimum Gasteiger partial charge on any atom is -0.489 e. The number of nitrogens with zero attached hydrogens (tertiary/aromatic N) is 2. The van der Waals surface area contributed by atoms with Gasteiger partial charge >= 0.3 is 5.97 Å². The lowest BCUT2D eigenvalue weighted by Crippen LogP contribution is -2.32. The fourth-order valence-electron chi connectivity index (χ4n) is 3.30. The van der Waals surface area contributed by atoms with Crippen LogP contribution in [0.4, 0.5) is 14.5 Å². The predicted molar refractivity (Wildman–Crippen MR) is 126 cm³/mol. The normalized spacial score (nSPS) is 16.7. The second-order valence-electron chi connectivity index (χ2n) is 7.33. The molecule has 0 saturated carbocycles. The molecule has 0 radical (unpaired) electrons. The second kappa shape index (κ2) is 9.45. The van der Waals surface area contributed by atoms with Crippen molar-refractivity contribution in [3.05, 3.63) is 100.0 Å². The van der Waals surface area contributed by atoms with E-state index in [-0.39, 0.29) is 23.6 Å². The standard InChI is InChI=1S/C23H18F2N2O5S2/c24-20-2-1-3-21(25)22(20)26-13-19(34(30,31)27(26)33)12-15-6-10-18(11-7-15)32-14-16-4-8-17(9-5-16)23(28)29/h1-12,33H,13-14H2,(H,28,29)/b19-12-. The van der Waals surface area contributed by atoms with E-state index in [4.69, 9.17) is 9.84 Å². The van der Waals surface area contributed by atoms with Crippen molar-refractivity contribution in [2.24, 2.45) is 0 Å². The third-order valence-electron chi connectivity index (χ3n) is 5.07. The largest absolute Gasteiger partial charge is 0.489 e. The van der Waals surface area contributed by atoms with Crippen LogP contribution in [0.3, 0.4) is 0 Å². The molecule has 0 atom stereocenters. The summed E-state index contributed by atoms with van der Waals surface area (Å²) < 4.78 is 60.0. The molecule has 3 aromatic carbocycles. The molecule has 34 heavy (non-hydrogen) atoms. The van der Waals surface area contributed by atoms with E-state index >= 15 is 0 Å². The van der Waals surface area contributed by atoms with Crippen LogP contribution in [0.1, 0.15) is 21.5 Å². The average molecular weight is 505 g/mol. The lowest BCUT2D eigenvalue weighted by atomic mass is 10.1. The molecule has 0 spiro atoms. The SMILES string of the molecule is O=C(O)c1ccc(COc2ccc(/C=C3/CN(c4c(F)cccc4F)N(S)S3(=O)=O)cc2)cc1. The van der Waals surface area contributed by atoms with Gasteiger partial charge in [-0.3, -0.25) is 5.01 Å². The van der Waals surface area contributed by atoms with E-state index in [9.17, 15) is 22.0 Å². The lowest BCUT2D eigenvalue weighted by molar-refractivity contribution is 0.0696. The highest BCUT2D eigenvalue weighted by Crippen LogP contribution is 2.36. The van der Waals surface area contributed by atoms with Crippen molar-refractivity contribution >= 4 is 40.6 Å². The first kappa shape index (κ1) is 23.7. The fourth-order valence-corrected chi connectivity index (χ4v) is 4.95. The van der Waals surface area contributed by atoms with E-state index in [0.29, 0.717) is 15.1 Å². The number of benzene rings is 3. The van der Waals surface area contributed by atoms with Crippen molar-refractivity contribution in [3.63, 3.8) is 0 Å². The van der Waals surface area contributed by atoms with Crippen molar-refractivity contribution in [1.29, 1.82) is 0 Å². The Kier molecular flexibility index (Phi) is 6.60. The van der Waals surface area contributed by atoms with Crippen LogP contribution in [-0.4, -0.2) is 29.9 Å². The quantitative estimate of drug-likeness (QED) is 0.481. The maximum atomic E-state index is 14.2. The van der Waals surface area contributed by atoms with E-state index in [1.165, 1.54) is 24.3 Å². The Morgan fingerprint density at radius 3 is 2.24 bits per heavy atom. The van der Waals surface area contributed by atoms with Crippen molar-refractivity contribution in [2.45, 2.75) is 6.61 Å². The number of ether oxygens (including phenoxy) is 1. The number of para-hydroxylation sites is 1. The molecule has 1 heterocycles. The maximum Gasteiger partial charge on any atom is 0.335 e. The average Bonchev–Trinajstić information content (AvgIpc) is 3.02. The first-order valence-electron chi connectivity index (χ1n) is 9.88. The number of carboxylic acids is 1. The van der Waals surface area contributed by atoms with Gasteiger partial charge in [0.15, 0.2) is 11.6 Å². The monoisotopic (exact) mass is 504 g/mol. The zero-order valence-corrected chi connectivity index (χ0v) is 19.1. The summed E-state index contributed by atoms with van der Waals surface area (Å²) in [4.78, 5) is 10.8. The van der Waals surface area contributed by atoms with E-state index in [1.54, 1.807) is 36.4 Å². The van der Waals surface area contributed by atoms with Crippen molar-refractivity contribution < 1.29 is 31.8 Å². The van der Waals surface area contributed by atoms with Gasteiger partial charge in [0, 0.05) is 0 Å². The molecular weight excluding hydrogens is 486 g/mol. The number of hydrogen-bond acceptors (Lipinski definition) is 6. The number of hydrazine groups is 1.